The van der Waals surface area contributed by atoms with E-state index in [1.807, 2.05) is 6.07 Å². The average Bonchev–Trinajstić information content (AvgIpc) is 2.99. The molecule has 3 atom stereocenters. The second-order valence-electron chi connectivity index (χ2n) is 5.36. The molecule has 0 aliphatic heterocycles. The zero-order chi connectivity index (χ0) is 14.3. The third-order valence-corrected chi connectivity index (χ3v) is 3.88. The zero-order valence-corrected chi connectivity index (χ0v) is 11.5. The minimum Gasteiger partial charge on any atom is -0.494 e. The van der Waals surface area contributed by atoms with Crippen LogP contribution in [0.3, 0.4) is 0 Å². The van der Waals surface area contributed by atoms with Gasteiger partial charge in [0.05, 0.1) is 7.11 Å². The molecule has 1 heterocycles. The topological polar surface area (TPSA) is 42.6 Å². The summed E-state index contributed by atoms with van der Waals surface area (Å²) < 4.78 is 24.2. The highest BCUT2D eigenvalue weighted by Crippen LogP contribution is 2.47. The number of aliphatic hydroxyl groups is 1. The van der Waals surface area contributed by atoms with Gasteiger partial charge in [0.25, 0.3) is 0 Å². The number of rotatable bonds is 4. The largest absolute Gasteiger partial charge is 0.494 e. The van der Waals surface area contributed by atoms with Gasteiger partial charge in [-0.25, -0.2) is 4.39 Å². The van der Waals surface area contributed by atoms with Gasteiger partial charge >= 0.3 is 0 Å². The zero-order valence-electron chi connectivity index (χ0n) is 11.5. The van der Waals surface area contributed by atoms with E-state index >= 15 is 0 Å². The van der Waals surface area contributed by atoms with E-state index in [9.17, 15) is 9.50 Å². The SMILES string of the molecule is COc1ccc(C(O)c2ccc(C3CC3C)o2)cc1F. The summed E-state index contributed by atoms with van der Waals surface area (Å²) in [6.07, 6.45) is 0.165. The monoisotopic (exact) mass is 276 g/mol. The van der Waals surface area contributed by atoms with Crippen LogP contribution in [0.2, 0.25) is 0 Å². The number of aliphatic hydroxyl groups excluding tert-OH is 1. The maximum atomic E-state index is 13.7. The molecule has 1 saturated carbocycles. The molecule has 106 valence electrons. The molecule has 0 spiro atoms. The Bertz CT molecular complexity index is 620. The van der Waals surface area contributed by atoms with Crippen molar-refractivity contribution in [2.45, 2.75) is 25.4 Å². The highest BCUT2D eigenvalue weighted by molar-refractivity contribution is 5.33. The van der Waals surface area contributed by atoms with Crippen molar-refractivity contribution in [2.24, 2.45) is 5.92 Å². The molecule has 1 N–H and O–H groups in total. The van der Waals surface area contributed by atoms with Crippen LogP contribution in [0.15, 0.2) is 34.7 Å². The van der Waals surface area contributed by atoms with Crippen LogP contribution in [0.25, 0.3) is 0 Å². The fourth-order valence-corrected chi connectivity index (χ4v) is 2.45. The summed E-state index contributed by atoms with van der Waals surface area (Å²) >= 11 is 0. The number of methoxy groups -OCH3 is 1. The van der Waals surface area contributed by atoms with Gasteiger partial charge in [0, 0.05) is 5.92 Å². The highest BCUT2D eigenvalue weighted by atomic mass is 19.1. The Morgan fingerprint density at radius 3 is 2.70 bits per heavy atom. The standard InChI is InChI=1S/C16H17FO3/c1-9-7-11(9)13-5-6-15(20-13)16(18)10-3-4-14(19-2)12(17)8-10/h3-6,8-9,11,16,18H,7H2,1-2H3. The quantitative estimate of drug-likeness (QED) is 0.927. The minimum atomic E-state index is -0.960. The van der Waals surface area contributed by atoms with Crippen molar-refractivity contribution >= 4 is 0 Å². The molecule has 20 heavy (non-hydrogen) atoms. The van der Waals surface area contributed by atoms with Crippen molar-refractivity contribution in [1.29, 1.82) is 0 Å². The number of halogens is 1. The van der Waals surface area contributed by atoms with Crippen molar-refractivity contribution in [3.8, 4) is 5.75 Å². The predicted molar refractivity (Wildman–Crippen MR) is 72.2 cm³/mol. The average molecular weight is 276 g/mol. The van der Waals surface area contributed by atoms with Crippen LogP contribution in [0.1, 0.15) is 42.5 Å². The first-order valence-corrected chi connectivity index (χ1v) is 6.71. The Labute approximate surface area is 117 Å². The first-order valence-electron chi connectivity index (χ1n) is 6.71. The molecule has 1 aromatic heterocycles. The molecule has 0 amide bonds. The van der Waals surface area contributed by atoms with Gasteiger partial charge in [0.1, 0.15) is 17.6 Å². The summed E-state index contributed by atoms with van der Waals surface area (Å²) in [5.41, 5.74) is 0.452. The van der Waals surface area contributed by atoms with E-state index in [0.29, 0.717) is 23.2 Å². The van der Waals surface area contributed by atoms with Crippen molar-refractivity contribution in [3.63, 3.8) is 0 Å². The summed E-state index contributed by atoms with van der Waals surface area (Å²) in [6.45, 7) is 2.17. The normalized spacial score (nSPS) is 22.6. The van der Waals surface area contributed by atoms with E-state index in [0.717, 1.165) is 12.2 Å². The molecule has 3 rings (SSSR count). The van der Waals surface area contributed by atoms with Gasteiger partial charge in [-0.2, -0.15) is 0 Å². The molecule has 1 aromatic carbocycles. The Balaban J connectivity index is 1.82. The lowest BCUT2D eigenvalue weighted by Crippen LogP contribution is -1.99. The van der Waals surface area contributed by atoms with E-state index in [-0.39, 0.29) is 5.75 Å². The minimum absolute atomic E-state index is 0.160. The van der Waals surface area contributed by atoms with Gasteiger partial charge in [-0.1, -0.05) is 13.0 Å². The molecule has 4 heteroatoms. The third-order valence-electron chi connectivity index (χ3n) is 3.88. The van der Waals surface area contributed by atoms with Crippen LogP contribution in [0.5, 0.6) is 5.75 Å². The molecule has 1 aliphatic rings. The van der Waals surface area contributed by atoms with Crippen molar-refractivity contribution in [1.82, 2.24) is 0 Å². The second kappa shape index (κ2) is 4.94. The highest BCUT2D eigenvalue weighted by Gasteiger charge is 2.37. The van der Waals surface area contributed by atoms with Crippen LogP contribution in [0, 0.1) is 11.7 Å². The molecule has 0 bridgehead atoms. The molecule has 3 unspecified atom stereocenters. The lowest BCUT2D eigenvalue weighted by atomic mass is 10.1. The number of hydrogen-bond donors (Lipinski definition) is 1. The van der Waals surface area contributed by atoms with Gasteiger partial charge < -0.3 is 14.3 Å². The molecular formula is C16H17FO3. The first-order chi connectivity index (χ1) is 9.60. The maximum absolute atomic E-state index is 13.7. The van der Waals surface area contributed by atoms with E-state index in [1.165, 1.54) is 19.2 Å². The summed E-state index contributed by atoms with van der Waals surface area (Å²) in [7, 11) is 1.41. The van der Waals surface area contributed by atoms with Crippen LogP contribution >= 0.6 is 0 Å². The Morgan fingerprint density at radius 1 is 1.35 bits per heavy atom. The Morgan fingerprint density at radius 2 is 2.10 bits per heavy atom. The van der Waals surface area contributed by atoms with E-state index in [4.69, 9.17) is 9.15 Å². The summed E-state index contributed by atoms with van der Waals surface area (Å²) in [5, 5.41) is 10.3. The van der Waals surface area contributed by atoms with Crippen LogP contribution < -0.4 is 4.74 Å². The summed E-state index contributed by atoms with van der Waals surface area (Å²) in [5.74, 6) is 2.12. The first kappa shape index (κ1) is 13.2. The molecule has 2 aromatic rings. The number of ether oxygens (including phenoxy) is 1. The van der Waals surface area contributed by atoms with Crippen LogP contribution in [-0.2, 0) is 0 Å². The Kier molecular flexibility index (Phi) is 3.26. The van der Waals surface area contributed by atoms with Gasteiger partial charge in [-0.3, -0.25) is 0 Å². The van der Waals surface area contributed by atoms with Crippen molar-refractivity contribution in [3.05, 3.63) is 53.2 Å². The molecule has 0 radical (unpaired) electrons. The smallest absolute Gasteiger partial charge is 0.165 e. The molecule has 0 saturated heterocycles. The second-order valence-corrected chi connectivity index (χ2v) is 5.36. The maximum Gasteiger partial charge on any atom is 0.165 e. The van der Waals surface area contributed by atoms with E-state index < -0.39 is 11.9 Å². The number of furan rings is 1. The van der Waals surface area contributed by atoms with Crippen molar-refractivity contribution in [2.75, 3.05) is 7.11 Å². The van der Waals surface area contributed by atoms with E-state index in [1.54, 1.807) is 12.1 Å². The molecule has 1 aliphatic carbocycles. The van der Waals surface area contributed by atoms with Crippen molar-refractivity contribution < 1.29 is 18.7 Å². The summed E-state index contributed by atoms with van der Waals surface area (Å²) in [6, 6.07) is 8.06. The van der Waals surface area contributed by atoms with E-state index in [2.05, 4.69) is 6.92 Å². The van der Waals surface area contributed by atoms with Gasteiger partial charge in [-0.15, -0.1) is 0 Å². The Hall–Kier alpha value is -1.81. The van der Waals surface area contributed by atoms with Crippen LogP contribution in [-0.4, -0.2) is 12.2 Å². The van der Waals surface area contributed by atoms with Crippen LogP contribution in [0.4, 0.5) is 4.39 Å². The van der Waals surface area contributed by atoms with Gasteiger partial charge in [0.15, 0.2) is 11.6 Å². The number of hydrogen-bond acceptors (Lipinski definition) is 3. The van der Waals surface area contributed by atoms with Gasteiger partial charge in [-0.05, 0) is 42.2 Å². The lowest BCUT2D eigenvalue weighted by Gasteiger charge is -2.10. The predicted octanol–water partition coefficient (Wildman–Crippen LogP) is 3.63. The fourth-order valence-electron chi connectivity index (χ4n) is 2.45. The third kappa shape index (κ3) is 2.31. The number of benzene rings is 1. The lowest BCUT2D eigenvalue weighted by molar-refractivity contribution is 0.186. The summed E-state index contributed by atoms with van der Waals surface area (Å²) in [4.78, 5) is 0. The fraction of sp³-hybridized carbons (Fsp3) is 0.375. The molecule has 3 nitrogen and oxygen atoms in total. The van der Waals surface area contributed by atoms with Gasteiger partial charge in [0.2, 0.25) is 0 Å². The molecular weight excluding hydrogens is 259 g/mol. The molecule has 1 fully saturated rings.